The van der Waals surface area contributed by atoms with Crippen LogP contribution in [0.3, 0.4) is 0 Å². The Morgan fingerprint density at radius 1 is 1.12 bits per heavy atom. The van der Waals surface area contributed by atoms with E-state index in [9.17, 15) is 9.59 Å². The van der Waals surface area contributed by atoms with Gasteiger partial charge in [0.15, 0.2) is 0 Å². The normalized spacial score (nSPS) is 18.1. The number of fused-ring (bicyclic) bond motifs is 1. The summed E-state index contributed by atoms with van der Waals surface area (Å²) in [5.74, 6) is 0.356. The largest absolute Gasteiger partial charge is 0.370 e. The molecule has 1 amide bonds. The maximum absolute atomic E-state index is 12.9. The van der Waals surface area contributed by atoms with E-state index in [-0.39, 0.29) is 17.4 Å². The third-order valence-corrected chi connectivity index (χ3v) is 5.30. The van der Waals surface area contributed by atoms with E-state index in [1.165, 1.54) is 11.1 Å². The average Bonchev–Trinajstić information content (AvgIpc) is 2.67. The second-order valence-electron chi connectivity index (χ2n) is 6.84. The molecule has 0 bridgehead atoms. The summed E-state index contributed by atoms with van der Waals surface area (Å²) in [5, 5.41) is 6.25. The molecule has 2 aliphatic heterocycles. The number of benzene rings is 1. The van der Waals surface area contributed by atoms with Crippen LogP contribution in [0.15, 0.2) is 41.3 Å². The number of rotatable bonds is 2. The van der Waals surface area contributed by atoms with Crippen LogP contribution in [0.1, 0.15) is 24.0 Å². The molecule has 0 radical (unpaired) electrons. The highest BCUT2D eigenvalue weighted by Gasteiger charge is 2.30. The SMILES string of the molecule is O=C(C1CCN(c2cn[nH]c(=O)c2)CC1)N1CCc2ccccc2C1. The lowest BCUT2D eigenvalue weighted by atomic mass is 9.93. The smallest absolute Gasteiger partial charge is 0.266 e. The van der Waals surface area contributed by atoms with Crippen molar-refractivity contribution in [3.63, 3.8) is 0 Å². The van der Waals surface area contributed by atoms with Crippen LogP contribution in [0.25, 0.3) is 0 Å². The van der Waals surface area contributed by atoms with Gasteiger partial charge >= 0.3 is 0 Å². The van der Waals surface area contributed by atoms with Crippen LogP contribution in [0, 0.1) is 5.92 Å². The zero-order valence-electron chi connectivity index (χ0n) is 14.1. The number of hydrogen-bond donors (Lipinski definition) is 1. The zero-order chi connectivity index (χ0) is 17.2. The third-order valence-electron chi connectivity index (χ3n) is 5.30. The summed E-state index contributed by atoms with van der Waals surface area (Å²) in [6.45, 7) is 3.11. The van der Waals surface area contributed by atoms with Crippen molar-refractivity contribution in [3.05, 3.63) is 58.0 Å². The Labute approximate surface area is 146 Å². The molecule has 130 valence electrons. The molecule has 0 unspecified atom stereocenters. The van der Waals surface area contributed by atoms with Gasteiger partial charge in [-0.2, -0.15) is 5.10 Å². The van der Waals surface area contributed by atoms with Crippen LogP contribution < -0.4 is 10.5 Å². The lowest BCUT2D eigenvalue weighted by Gasteiger charge is -2.36. The molecule has 2 aromatic rings. The fraction of sp³-hybridized carbons (Fsp3) is 0.421. The van der Waals surface area contributed by atoms with Crippen molar-refractivity contribution in [2.75, 3.05) is 24.5 Å². The number of amides is 1. The van der Waals surface area contributed by atoms with E-state index in [4.69, 9.17) is 0 Å². The number of nitrogens with one attached hydrogen (secondary N) is 1. The number of piperidine rings is 1. The van der Waals surface area contributed by atoms with E-state index in [1.807, 2.05) is 11.0 Å². The number of anilines is 1. The predicted molar refractivity (Wildman–Crippen MR) is 95.4 cm³/mol. The van der Waals surface area contributed by atoms with Gasteiger partial charge in [-0.15, -0.1) is 0 Å². The highest BCUT2D eigenvalue weighted by atomic mass is 16.2. The Bertz CT molecular complexity index is 824. The molecule has 1 aromatic carbocycles. The molecule has 4 rings (SSSR count). The minimum absolute atomic E-state index is 0.0801. The van der Waals surface area contributed by atoms with Crippen molar-refractivity contribution < 1.29 is 4.79 Å². The molecule has 0 atom stereocenters. The van der Waals surface area contributed by atoms with E-state index in [2.05, 4.69) is 33.3 Å². The van der Waals surface area contributed by atoms with Crippen molar-refractivity contribution >= 4 is 11.6 Å². The van der Waals surface area contributed by atoms with Crippen LogP contribution in [-0.4, -0.2) is 40.6 Å². The summed E-state index contributed by atoms with van der Waals surface area (Å²) < 4.78 is 0. The van der Waals surface area contributed by atoms with Crippen molar-refractivity contribution in [3.8, 4) is 0 Å². The van der Waals surface area contributed by atoms with E-state index in [1.54, 1.807) is 12.3 Å². The molecule has 0 saturated carbocycles. The second kappa shape index (κ2) is 6.70. The summed E-state index contributed by atoms with van der Waals surface area (Å²) in [6.07, 6.45) is 4.26. The Morgan fingerprint density at radius 3 is 2.64 bits per heavy atom. The molecule has 0 aliphatic carbocycles. The number of hydrogen-bond acceptors (Lipinski definition) is 4. The van der Waals surface area contributed by atoms with E-state index >= 15 is 0 Å². The first-order valence-electron chi connectivity index (χ1n) is 8.86. The van der Waals surface area contributed by atoms with Gasteiger partial charge in [-0.05, 0) is 30.4 Å². The summed E-state index contributed by atoms with van der Waals surface area (Å²) in [5.41, 5.74) is 3.28. The van der Waals surface area contributed by atoms with Crippen LogP contribution in [0.5, 0.6) is 0 Å². The van der Waals surface area contributed by atoms with Crippen molar-refractivity contribution in [2.24, 2.45) is 5.92 Å². The zero-order valence-corrected chi connectivity index (χ0v) is 14.1. The monoisotopic (exact) mass is 338 g/mol. The molecule has 3 heterocycles. The highest BCUT2D eigenvalue weighted by molar-refractivity contribution is 5.79. The number of aromatic amines is 1. The predicted octanol–water partition coefficient (Wildman–Crippen LogP) is 1.57. The highest BCUT2D eigenvalue weighted by Crippen LogP contribution is 2.26. The lowest BCUT2D eigenvalue weighted by molar-refractivity contribution is -0.137. The van der Waals surface area contributed by atoms with Crippen molar-refractivity contribution in [1.29, 1.82) is 0 Å². The average molecular weight is 338 g/mol. The summed E-state index contributed by atoms with van der Waals surface area (Å²) >= 11 is 0. The van der Waals surface area contributed by atoms with E-state index in [0.717, 1.165) is 51.1 Å². The number of carbonyl (C=O) groups is 1. The van der Waals surface area contributed by atoms with Gasteiger partial charge in [0.25, 0.3) is 5.56 Å². The second-order valence-corrected chi connectivity index (χ2v) is 6.84. The molecular weight excluding hydrogens is 316 g/mol. The topological polar surface area (TPSA) is 69.3 Å². The van der Waals surface area contributed by atoms with Gasteiger partial charge in [-0.25, -0.2) is 5.10 Å². The Morgan fingerprint density at radius 2 is 1.88 bits per heavy atom. The van der Waals surface area contributed by atoms with Gasteiger partial charge < -0.3 is 9.80 Å². The van der Waals surface area contributed by atoms with Crippen LogP contribution in [0.2, 0.25) is 0 Å². The maximum atomic E-state index is 12.9. The number of H-pyrrole nitrogens is 1. The van der Waals surface area contributed by atoms with Crippen LogP contribution >= 0.6 is 0 Å². The minimum Gasteiger partial charge on any atom is -0.370 e. The fourth-order valence-electron chi connectivity index (χ4n) is 3.87. The Balaban J connectivity index is 1.38. The number of nitrogens with zero attached hydrogens (tertiary/aromatic N) is 3. The van der Waals surface area contributed by atoms with Gasteiger partial charge in [0.2, 0.25) is 5.91 Å². The number of carbonyl (C=O) groups excluding carboxylic acids is 1. The molecule has 1 aromatic heterocycles. The van der Waals surface area contributed by atoms with Crippen LogP contribution in [-0.2, 0) is 17.8 Å². The number of aromatic nitrogens is 2. The van der Waals surface area contributed by atoms with Crippen molar-refractivity contribution in [2.45, 2.75) is 25.8 Å². The van der Waals surface area contributed by atoms with Gasteiger partial charge in [0, 0.05) is 38.2 Å². The first-order valence-corrected chi connectivity index (χ1v) is 8.86. The summed E-state index contributed by atoms with van der Waals surface area (Å²) in [6, 6.07) is 9.95. The standard InChI is InChI=1S/C19H22N4O2/c24-18-11-17(12-20-21-18)22-8-6-15(7-9-22)19(25)23-10-5-14-3-1-2-4-16(14)13-23/h1-4,11-12,15H,5-10,13H2,(H,21,24). The molecule has 2 aliphatic rings. The van der Waals surface area contributed by atoms with Crippen molar-refractivity contribution in [1.82, 2.24) is 15.1 Å². The van der Waals surface area contributed by atoms with Gasteiger partial charge in [0.1, 0.15) is 0 Å². The molecule has 25 heavy (non-hydrogen) atoms. The molecule has 6 nitrogen and oxygen atoms in total. The quantitative estimate of drug-likeness (QED) is 0.902. The lowest BCUT2D eigenvalue weighted by Crippen LogP contribution is -2.44. The molecular formula is C19H22N4O2. The van der Waals surface area contributed by atoms with Gasteiger partial charge in [-0.1, -0.05) is 24.3 Å². The molecule has 1 N–H and O–H groups in total. The van der Waals surface area contributed by atoms with E-state index < -0.39 is 0 Å². The van der Waals surface area contributed by atoms with E-state index in [0.29, 0.717) is 0 Å². The van der Waals surface area contributed by atoms with Crippen LogP contribution in [0.4, 0.5) is 5.69 Å². The first-order chi connectivity index (χ1) is 12.2. The first kappa shape index (κ1) is 15.9. The Hall–Kier alpha value is -2.63. The molecule has 1 fully saturated rings. The molecule has 0 spiro atoms. The molecule has 6 heteroatoms. The molecule has 1 saturated heterocycles. The minimum atomic E-state index is -0.192. The fourth-order valence-corrected chi connectivity index (χ4v) is 3.87. The Kier molecular flexibility index (Phi) is 4.26. The van der Waals surface area contributed by atoms with Gasteiger partial charge in [0.05, 0.1) is 11.9 Å². The summed E-state index contributed by atoms with van der Waals surface area (Å²) in [7, 11) is 0. The maximum Gasteiger partial charge on any atom is 0.266 e. The van der Waals surface area contributed by atoms with Gasteiger partial charge in [-0.3, -0.25) is 9.59 Å². The summed E-state index contributed by atoms with van der Waals surface area (Å²) in [4.78, 5) is 28.5. The third kappa shape index (κ3) is 3.29.